The van der Waals surface area contributed by atoms with E-state index in [1.165, 1.54) is 0 Å². The average molecular weight is 487 g/mol. The first-order valence-corrected chi connectivity index (χ1v) is 12.9. The second-order valence-corrected chi connectivity index (χ2v) is 9.42. The molecule has 2 fully saturated rings. The predicted molar refractivity (Wildman–Crippen MR) is 140 cm³/mol. The Labute approximate surface area is 213 Å². The number of ether oxygens (including phenoxy) is 2. The van der Waals surface area contributed by atoms with Crippen LogP contribution in [0.5, 0.6) is 5.75 Å². The molecule has 5 rings (SSSR count). The molecule has 0 radical (unpaired) electrons. The van der Waals surface area contributed by atoms with Crippen LogP contribution in [0.25, 0.3) is 11.4 Å². The Morgan fingerprint density at radius 2 is 1.86 bits per heavy atom. The van der Waals surface area contributed by atoms with Crippen molar-refractivity contribution in [2.24, 2.45) is 5.92 Å². The fourth-order valence-electron chi connectivity index (χ4n) is 5.08. The van der Waals surface area contributed by atoms with E-state index in [0.717, 1.165) is 72.1 Å². The lowest BCUT2D eigenvalue weighted by atomic mass is 10.0. The van der Waals surface area contributed by atoms with Crippen molar-refractivity contribution < 1.29 is 14.3 Å². The molecule has 0 unspecified atom stereocenters. The van der Waals surface area contributed by atoms with Gasteiger partial charge in [0.2, 0.25) is 5.91 Å². The Bertz CT molecular complexity index is 1190. The van der Waals surface area contributed by atoms with Gasteiger partial charge in [0.15, 0.2) is 5.82 Å². The second-order valence-electron chi connectivity index (χ2n) is 9.42. The molecule has 0 bridgehead atoms. The van der Waals surface area contributed by atoms with E-state index in [0.29, 0.717) is 26.3 Å². The summed E-state index contributed by atoms with van der Waals surface area (Å²) in [4.78, 5) is 27.4. The van der Waals surface area contributed by atoms with Gasteiger partial charge < -0.3 is 19.3 Å². The van der Waals surface area contributed by atoms with Crippen LogP contribution in [0, 0.1) is 5.92 Å². The molecule has 2 saturated heterocycles. The number of aromatic nitrogens is 2. The molecule has 0 aliphatic carbocycles. The van der Waals surface area contributed by atoms with Crippen LogP contribution in [0.3, 0.4) is 0 Å². The van der Waals surface area contributed by atoms with Crippen molar-refractivity contribution in [3.8, 4) is 17.1 Å². The van der Waals surface area contributed by atoms with Gasteiger partial charge in [-0.3, -0.25) is 4.79 Å². The number of carbonyl (C=O) groups excluding carboxylic acids is 1. The molecule has 2 aliphatic rings. The van der Waals surface area contributed by atoms with Crippen molar-refractivity contribution in [1.82, 2.24) is 14.9 Å². The summed E-state index contributed by atoms with van der Waals surface area (Å²) >= 11 is 0. The smallest absolute Gasteiger partial charge is 0.228 e. The molecular weight excluding hydrogens is 452 g/mol. The predicted octanol–water partition coefficient (Wildman–Crippen LogP) is 3.99. The van der Waals surface area contributed by atoms with Crippen molar-refractivity contribution in [2.75, 3.05) is 51.4 Å². The van der Waals surface area contributed by atoms with Crippen LogP contribution in [0.1, 0.15) is 30.2 Å². The summed E-state index contributed by atoms with van der Waals surface area (Å²) in [6, 6.07) is 18.3. The third-order valence-corrected chi connectivity index (χ3v) is 7.12. The van der Waals surface area contributed by atoms with Crippen molar-refractivity contribution in [3.05, 3.63) is 71.4 Å². The zero-order valence-corrected chi connectivity index (χ0v) is 21.2. The molecule has 1 atom stereocenters. The number of carbonyl (C=O) groups is 1. The van der Waals surface area contributed by atoms with E-state index in [-0.39, 0.29) is 11.8 Å². The lowest BCUT2D eigenvalue weighted by Gasteiger charge is -2.37. The van der Waals surface area contributed by atoms with Crippen LogP contribution in [-0.4, -0.2) is 67.3 Å². The van der Waals surface area contributed by atoms with Crippen LogP contribution < -0.4 is 9.64 Å². The number of rotatable bonds is 7. The van der Waals surface area contributed by atoms with E-state index in [1.54, 1.807) is 7.11 Å². The lowest BCUT2D eigenvalue weighted by molar-refractivity contribution is -0.135. The van der Waals surface area contributed by atoms with E-state index in [2.05, 4.69) is 36.1 Å². The standard InChI is InChI=1S/C29H34N4O3/c1-3-26-25(19-21-8-7-11-24(18-21)35-2)28(31-27(30-26)22-9-5-4-6-10-22)32-13-15-33(16-14-32)29(34)23-12-17-36-20-23/h4-11,18,23H,3,12-17,19-20H2,1-2H3/t23-/m1/s1. The number of nitrogens with zero attached hydrogens (tertiary/aromatic N) is 4. The molecule has 7 nitrogen and oxygen atoms in total. The molecular formula is C29H34N4O3. The number of methoxy groups -OCH3 is 1. The van der Waals surface area contributed by atoms with Crippen molar-refractivity contribution in [1.29, 1.82) is 0 Å². The first-order chi connectivity index (χ1) is 17.7. The highest BCUT2D eigenvalue weighted by molar-refractivity contribution is 5.79. The van der Waals surface area contributed by atoms with Gasteiger partial charge in [0.1, 0.15) is 11.6 Å². The largest absolute Gasteiger partial charge is 0.497 e. The number of piperazine rings is 1. The minimum absolute atomic E-state index is 0.00981. The number of aryl methyl sites for hydroxylation is 1. The summed E-state index contributed by atoms with van der Waals surface area (Å²) in [6.45, 7) is 6.27. The number of hydrogen-bond acceptors (Lipinski definition) is 6. The van der Waals surface area contributed by atoms with E-state index in [4.69, 9.17) is 19.4 Å². The van der Waals surface area contributed by atoms with Gasteiger partial charge in [-0.1, -0.05) is 49.4 Å². The minimum Gasteiger partial charge on any atom is -0.497 e. The summed E-state index contributed by atoms with van der Waals surface area (Å²) < 4.78 is 10.9. The van der Waals surface area contributed by atoms with Crippen LogP contribution in [-0.2, 0) is 22.4 Å². The maximum atomic E-state index is 12.9. The van der Waals surface area contributed by atoms with Crippen molar-refractivity contribution >= 4 is 11.7 Å². The molecule has 1 aromatic heterocycles. The zero-order chi connectivity index (χ0) is 24.9. The van der Waals surface area contributed by atoms with Crippen LogP contribution in [0.4, 0.5) is 5.82 Å². The third-order valence-electron chi connectivity index (χ3n) is 7.12. The fraction of sp³-hybridized carbons (Fsp3) is 0.414. The van der Waals surface area contributed by atoms with E-state index in [9.17, 15) is 4.79 Å². The first kappa shape index (κ1) is 24.3. The summed E-state index contributed by atoms with van der Waals surface area (Å²) in [5.41, 5.74) is 4.38. The van der Waals surface area contributed by atoms with Crippen LogP contribution in [0.2, 0.25) is 0 Å². The zero-order valence-electron chi connectivity index (χ0n) is 21.2. The number of hydrogen-bond donors (Lipinski definition) is 0. The van der Waals surface area contributed by atoms with E-state index >= 15 is 0 Å². The summed E-state index contributed by atoms with van der Waals surface area (Å²) in [7, 11) is 1.69. The van der Waals surface area contributed by atoms with Gasteiger partial charge in [-0.2, -0.15) is 0 Å². The number of benzene rings is 2. The van der Waals surface area contributed by atoms with Gasteiger partial charge in [-0.15, -0.1) is 0 Å². The molecule has 3 aromatic rings. The molecule has 0 spiro atoms. The molecule has 2 aliphatic heterocycles. The molecule has 7 heteroatoms. The SMILES string of the molecule is CCc1nc(-c2ccccc2)nc(N2CCN(C(=O)[C@@H]3CCOC3)CC2)c1Cc1cccc(OC)c1. The molecule has 0 saturated carbocycles. The normalized spacial score (nSPS) is 17.9. The Kier molecular flexibility index (Phi) is 7.47. The monoisotopic (exact) mass is 486 g/mol. The van der Waals surface area contributed by atoms with Gasteiger partial charge in [0.25, 0.3) is 0 Å². The number of anilines is 1. The van der Waals surface area contributed by atoms with Crippen LogP contribution >= 0.6 is 0 Å². The van der Waals surface area contributed by atoms with Crippen LogP contribution in [0.15, 0.2) is 54.6 Å². The molecule has 1 amide bonds. The highest BCUT2D eigenvalue weighted by Gasteiger charge is 2.31. The van der Waals surface area contributed by atoms with Gasteiger partial charge in [-0.25, -0.2) is 9.97 Å². The van der Waals surface area contributed by atoms with E-state index in [1.807, 2.05) is 35.2 Å². The fourth-order valence-corrected chi connectivity index (χ4v) is 5.08. The van der Waals surface area contributed by atoms with Gasteiger partial charge in [-0.05, 0) is 30.5 Å². The highest BCUT2D eigenvalue weighted by atomic mass is 16.5. The average Bonchev–Trinajstić information content (AvgIpc) is 3.48. The lowest BCUT2D eigenvalue weighted by Crippen LogP contribution is -2.51. The molecule has 36 heavy (non-hydrogen) atoms. The Hall–Kier alpha value is -3.45. The Morgan fingerprint density at radius 3 is 2.56 bits per heavy atom. The Morgan fingerprint density at radius 1 is 1.06 bits per heavy atom. The first-order valence-electron chi connectivity index (χ1n) is 12.9. The van der Waals surface area contributed by atoms with Crippen molar-refractivity contribution in [2.45, 2.75) is 26.2 Å². The summed E-state index contributed by atoms with van der Waals surface area (Å²) in [5.74, 6) is 2.80. The quantitative estimate of drug-likeness (QED) is 0.503. The van der Waals surface area contributed by atoms with Gasteiger partial charge in [0, 0.05) is 56.0 Å². The number of amides is 1. The summed E-state index contributed by atoms with van der Waals surface area (Å²) in [5, 5.41) is 0. The maximum absolute atomic E-state index is 12.9. The molecule has 188 valence electrons. The maximum Gasteiger partial charge on any atom is 0.228 e. The Balaban J connectivity index is 1.47. The topological polar surface area (TPSA) is 67.8 Å². The minimum atomic E-state index is 0.00981. The van der Waals surface area contributed by atoms with Gasteiger partial charge in [0.05, 0.1) is 19.6 Å². The third kappa shape index (κ3) is 5.21. The second kappa shape index (κ2) is 11.1. The highest BCUT2D eigenvalue weighted by Crippen LogP contribution is 2.30. The van der Waals surface area contributed by atoms with Crippen molar-refractivity contribution in [3.63, 3.8) is 0 Å². The summed E-state index contributed by atoms with van der Waals surface area (Å²) in [6.07, 6.45) is 2.37. The molecule has 2 aromatic carbocycles. The molecule has 3 heterocycles. The van der Waals surface area contributed by atoms with Gasteiger partial charge >= 0.3 is 0 Å². The molecule has 0 N–H and O–H groups in total. The van der Waals surface area contributed by atoms with E-state index < -0.39 is 0 Å².